The number of H-pyrrole nitrogens is 2. The van der Waals surface area contributed by atoms with E-state index in [4.69, 9.17) is 0 Å². The summed E-state index contributed by atoms with van der Waals surface area (Å²) in [6, 6.07) is 13.4. The molecule has 0 bridgehead atoms. The molecule has 2 N–H and O–H groups in total. The SMILES string of the molecule is Cc1cccc([C@@H](C)C(=O)c2nc3cc4c(-c5ccncc5)n[nH]c4cc3[nH]2)n1. The van der Waals surface area contributed by atoms with Gasteiger partial charge in [-0.1, -0.05) is 6.07 Å². The summed E-state index contributed by atoms with van der Waals surface area (Å²) < 4.78 is 0. The van der Waals surface area contributed by atoms with Crippen molar-refractivity contribution in [2.24, 2.45) is 0 Å². The number of rotatable bonds is 4. The van der Waals surface area contributed by atoms with Crippen molar-refractivity contribution in [1.82, 2.24) is 30.1 Å². The van der Waals surface area contributed by atoms with Gasteiger partial charge in [-0.25, -0.2) is 4.98 Å². The molecule has 4 heterocycles. The molecule has 1 atom stereocenters. The van der Waals surface area contributed by atoms with Crippen LogP contribution in [-0.2, 0) is 0 Å². The van der Waals surface area contributed by atoms with Crippen molar-refractivity contribution in [2.45, 2.75) is 19.8 Å². The molecule has 0 unspecified atom stereocenters. The largest absolute Gasteiger partial charge is 0.335 e. The van der Waals surface area contributed by atoms with Crippen molar-refractivity contribution >= 4 is 27.7 Å². The number of hydrogen-bond donors (Lipinski definition) is 2. The minimum atomic E-state index is -0.380. The lowest BCUT2D eigenvalue weighted by Crippen LogP contribution is -2.13. The highest BCUT2D eigenvalue weighted by atomic mass is 16.1. The molecule has 29 heavy (non-hydrogen) atoms. The first kappa shape index (κ1) is 17.2. The average Bonchev–Trinajstić information content (AvgIpc) is 3.35. The van der Waals surface area contributed by atoms with E-state index in [1.807, 2.05) is 56.3 Å². The zero-order chi connectivity index (χ0) is 20.0. The molecule has 0 aliphatic carbocycles. The van der Waals surface area contributed by atoms with E-state index >= 15 is 0 Å². The number of aromatic nitrogens is 6. The van der Waals surface area contributed by atoms with Crippen molar-refractivity contribution in [3.63, 3.8) is 0 Å². The minimum Gasteiger partial charge on any atom is -0.335 e. The van der Waals surface area contributed by atoms with Gasteiger partial charge < -0.3 is 4.98 Å². The van der Waals surface area contributed by atoms with E-state index in [0.717, 1.165) is 44.6 Å². The van der Waals surface area contributed by atoms with E-state index in [1.165, 1.54) is 0 Å². The van der Waals surface area contributed by atoms with Gasteiger partial charge >= 0.3 is 0 Å². The molecule has 5 rings (SSSR count). The second-order valence-electron chi connectivity index (χ2n) is 7.10. The van der Waals surface area contributed by atoms with Crippen LogP contribution in [-0.4, -0.2) is 35.9 Å². The summed E-state index contributed by atoms with van der Waals surface area (Å²) in [6.07, 6.45) is 3.47. The fraction of sp³-hybridized carbons (Fsp3) is 0.136. The number of hydrogen-bond acceptors (Lipinski definition) is 5. The number of benzene rings is 1. The molecular weight excluding hydrogens is 364 g/mol. The molecule has 0 spiro atoms. The molecule has 7 nitrogen and oxygen atoms in total. The normalized spacial score (nSPS) is 12.5. The van der Waals surface area contributed by atoms with Gasteiger partial charge in [-0.2, -0.15) is 5.10 Å². The first-order valence-corrected chi connectivity index (χ1v) is 9.36. The van der Waals surface area contributed by atoms with Crippen molar-refractivity contribution < 1.29 is 4.79 Å². The van der Waals surface area contributed by atoms with Crippen LogP contribution in [0.15, 0.2) is 54.9 Å². The Kier molecular flexibility index (Phi) is 3.94. The van der Waals surface area contributed by atoms with Crippen molar-refractivity contribution in [1.29, 1.82) is 0 Å². The average molecular weight is 382 g/mol. The summed E-state index contributed by atoms with van der Waals surface area (Å²) in [5.74, 6) is -0.133. The van der Waals surface area contributed by atoms with E-state index in [1.54, 1.807) is 12.4 Å². The Balaban J connectivity index is 1.56. The lowest BCUT2D eigenvalue weighted by molar-refractivity contribution is 0.0955. The Morgan fingerprint density at radius 1 is 1.03 bits per heavy atom. The van der Waals surface area contributed by atoms with Gasteiger partial charge in [0.05, 0.1) is 28.2 Å². The summed E-state index contributed by atoms with van der Waals surface area (Å²) >= 11 is 0. The van der Waals surface area contributed by atoms with Crippen LogP contribution >= 0.6 is 0 Å². The Morgan fingerprint density at radius 2 is 1.86 bits per heavy atom. The highest BCUT2D eigenvalue weighted by molar-refractivity contribution is 6.04. The fourth-order valence-corrected chi connectivity index (χ4v) is 3.51. The Morgan fingerprint density at radius 3 is 2.66 bits per heavy atom. The molecule has 142 valence electrons. The molecule has 0 aliphatic rings. The van der Waals surface area contributed by atoms with E-state index < -0.39 is 0 Å². The molecule has 0 saturated heterocycles. The van der Waals surface area contributed by atoms with Crippen molar-refractivity contribution in [3.8, 4) is 11.3 Å². The number of ketones is 1. The fourth-order valence-electron chi connectivity index (χ4n) is 3.51. The molecule has 0 radical (unpaired) electrons. The lowest BCUT2D eigenvalue weighted by Gasteiger charge is -2.08. The van der Waals surface area contributed by atoms with E-state index in [0.29, 0.717) is 5.82 Å². The first-order valence-electron chi connectivity index (χ1n) is 9.36. The number of pyridine rings is 2. The van der Waals surface area contributed by atoms with Crippen LogP contribution < -0.4 is 0 Å². The number of aryl methyl sites for hydroxylation is 1. The summed E-state index contributed by atoms with van der Waals surface area (Å²) in [5, 5.41) is 8.44. The monoisotopic (exact) mass is 382 g/mol. The van der Waals surface area contributed by atoms with Crippen LogP contribution in [0.5, 0.6) is 0 Å². The van der Waals surface area contributed by atoms with Crippen molar-refractivity contribution in [3.05, 3.63) is 72.1 Å². The third-order valence-electron chi connectivity index (χ3n) is 5.10. The number of fused-ring (bicyclic) bond motifs is 2. The van der Waals surface area contributed by atoms with Gasteiger partial charge in [-0.3, -0.25) is 19.9 Å². The number of Topliss-reactive ketones (excluding diaryl/α,β-unsaturated/α-hetero) is 1. The number of aromatic amines is 2. The second-order valence-corrected chi connectivity index (χ2v) is 7.10. The smallest absolute Gasteiger partial charge is 0.206 e. The Labute approximate surface area is 166 Å². The standard InChI is InChI=1S/C22H18N6O/c1-12-4-3-5-16(24-12)13(2)21(29)22-25-18-10-15-17(11-19(18)26-22)27-28-20(15)14-6-8-23-9-7-14/h3-11,13H,1-2H3,(H,25,26)(H,27,28)/t13-/m1/s1. The van der Waals surface area contributed by atoms with Gasteiger partial charge in [0.15, 0.2) is 5.82 Å². The van der Waals surface area contributed by atoms with Crippen LogP contribution in [0.3, 0.4) is 0 Å². The predicted molar refractivity (Wildman–Crippen MR) is 111 cm³/mol. The van der Waals surface area contributed by atoms with E-state index in [-0.39, 0.29) is 11.7 Å². The van der Waals surface area contributed by atoms with Gasteiger partial charge in [0, 0.05) is 29.0 Å². The van der Waals surface area contributed by atoms with Gasteiger partial charge in [0.2, 0.25) is 5.78 Å². The maximum Gasteiger partial charge on any atom is 0.206 e. The third-order valence-corrected chi connectivity index (χ3v) is 5.10. The Hall–Kier alpha value is -3.87. The molecule has 5 aromatic rings. The number of nitrogens with zero attached hydrogens (tertiary/aromatic N) is 4. The highest BCUT2D eigenvalue weighted by Gasteiger charge is 2.22. The van der Waals surface area contributed by atoms with E-state index in [2.05, 4.69) is 30.1 Å². The van der Waals surface area contributed by atoms with Crippen LogP contribution in [0.2, 0.25) is 0 Å². The zero-order valence-corrected chi connectivity index (χ0v) is 16.0. The van der Waals surface area contributed by atoms with Gasteiger partial charge in [0.1, 0.15) is 5.69 Å². The molecule has 0 fully saturated rings. The van der Waals surface area contributed by atoms with Gasteiger partial charge in [0.25, 0.3) is 0 Å². The predicted octanol–water partition coefficient (Wildman–Crippen LogP) is 4.19. The molecule has 0 amide bonds. The quantitative estimate of drug-likeness (QED) is 0.454. The molecule has 0 aliphatic heterocycles. The third kappa shape index (κ3) is 2.97. The first-order chi connectivity index (χ1) is 14.1. The topological polar surface area (TPSA) is 100 Å². The molecule has 0 saturated carbocycles. The van der Waals surface area contributed by atoms with Crippen LogP contribution in [0, 0.1) is 6.92 Å². The zero-order valence-electron chi connectivity index (χ0n) is 16.0. The van der Waals surface area contributed by atoms with Gasteiger partial charge in [-0.05, 0) is 50.2 Å². The Bertz CT molecular complexity index is 1350. The lowest BCUT2D eigenvalue weighted by atomic mass is 10.0. The highest BCUT2D eigenvalue weighted by Crippen LogP contribution is 2.29. The van der Waals surface area contributed by atoms with Gasteiger partial charge in [-0.15, -0.1) is 0 Å². The van der Waals surface area contributed by atoms with E-state index in [9.17, 15) is 4.79 Å². The summed E-state index contributed by atoms with van der Waals surface area (Å²) in [6.45, 7) is 3.77. The number of imidazole rings is 1. The summed E-state index contributed by atoms with van der Waals surface area (Å²) in [5.41, 5.74) is 5.82. The maximum atomic E-state index is 13.0. The molecule has 1 aromatic carbocycles. The molecule has 4 aromatic heterocycles. The molecule has 7 heteroatoms. The van der Waals surface area contributed by atoms with Crippen molar-refractivity contribution in [2.75, 3.05) is 0 Å². The molecular formula is C22H18N6O. The number of carbonyl (C=O) groups is 1. The van der Waals surface area contributed by atoms with Crippen LogP contribution in [0.25, 0.3) is 33.2 Å². The van der Waals surface area contributed by atoms with Crippen LogP contribution in [0.1, 0.15) is 34.8 Å². The second kappa shape index (κ2) is 6.63. The summed E-state index contributed by atoms with van der Waals surface area (Å²) in [4.78, 5) is 29.2. The maximum absolute atomic E-state index is 13.0. The number of carbonyl (C=O) groups excluding carboxylic acids is 1. The number of nitrogens with one attached hydrogen (secondary N) is 2. The summed E-state index contributed by atoms with van der Waals surface area (Å²) in [7, 11) is 0. The minimum absolute atomic E-state index is 0.0876. The van der Waals surface area contributed by atoms with Crippen LogP contribution in [0.4, 0.5) is 0 Å².